The van der Waals surface area contributed by atoms with Crippen LogP contribution in [0.4, 0.5) is 5.82 Å². The third-order valence-corrected chi connectivity index (χ3v) is 4.15. The first-order valence-corrected chi connectivity index (χ1v) is 7.78. The van der Waals surface area contributed by atoms with Crippen molar-refractivity contribution in [2.24, 2.45) is 5.92 Å². The summed E-state index contributed by atoms with van der Waals surface area (Å²) in [6.07, 6.45) is 3.36. The van der Waals surface area contributed by atoms with Gasteiger partial charge in [-0.15, -0.1) is 0 Å². The number of carbonyl (C=O) groups excluding carboxylic acids is 1. The molecule has 0 radical (unpaired) electrons. The molecule has 1 saturated heterocycles. The maximum atomic E-state index is 12.1. The summed E-state index contributed by atoms with van der Waals surface area (Å²) in [5, 5.41) is 12.2. The van der Waals surface area contributed by atoms with E-state index in [9.17, 15) is 9.59 Å². The quantitative estimate of drug-likeness (QED) is 0.864. The van der Waals surface area contributed by atoms with Crippen LogP contribution in [-0.4, -0.2) is 41.1 Å². The van der Waals surface area contributed by atoms with Gasteiger partial charge in [-0.25, -0.2) is 9.78 Å². The zero-order chi connectivity index (χ0) is 16.1. The Labute approximate surface area is 134 Å². The lowest BCUT2D eigenvalue weighted by Crippen LogP contribution is -2.46. The Morgan fingerprint density at radius 3 is 2.64 bits per heavy atom. The second-order valence-corrected chi connectivity index (χ2v) is 5.84. The fraction of sp³-hybridized carbons (Fsp3) is 0.533. The Morgan fingerprint density at radius 1 is 1.45 bits per heavy atom. The van der Waals surface area contributed by atoms with Gasteiger partial charge in [-0.1, -0.05) is 18.5 Å². The maximum absolute atomic E-state index is 12.1. The number of hydrogen-bond donors (Lipinski definition) is 2. The standard InChI is InChI=1S/C15H20ClN3O3/c1-2-12(15(21)22)18-14(20)10-5-7-19(8-6-10)13-4-3-11(16)9-17-13/h3-4,9-10,12H,2,5-8H2,1H3,(H,18,20)(H,21,22). The number of piperidine rings is 1. The molecule has 1 unspecified atom stereocenters. The van der Waals surface area contributed by atoms with Gasteiger partial charge in [0.2, 0.25) is 5.91 Å². The largest absolute Gasteiger partial charge is 0.480 e. The van der Waals surface area contributed by atoms with Crippen molar-refractivity contribution in [1.29, 1.82) is 0 Å². The number of carboxylic acids is 1. The van der Waals surface area contributed by atoms with Crippen molar-refractivity contribution in [3.05, 3.63) is 23.4 Å². The van der Waals surface area contributed by atoms with E-state index in [0.29, 0.717) is 24.3 Å². The Hall–Kier alpha value is -1.82. The molecule has 6 nitrogen and oxygen atoms in total. The van der Waals surface area contributed by atoms with E-state index in [1.54, 1.807) is 19.2 Å². The Bertz CT molecular complexity index is 527. The highest BCUT2D eigenvalue weighted by Gasteiger charge is 2.28. The van der Waals surface area contributed by atoms with Crippen molar-refractivity contribution in [2.75, 3.05) is 18.0 Å². The molecule has 22 heavy (non-hydrogen) atoms. The highest BCUT2D eigenvalue weighted by molar-refractivity contribution is 6.30. The number of nitrogens with zero attached hydrogens (tertiary/aromatic N) is 2. The fourth-order valence-corrected chi connectivity index (χ4v) is 2.67. The average Bonchev–Trinajstić information content (AvgIpc) is 2.53. The molecule has 1 atom stereocenters. The van der Waals surface area contributed by atoms with Gasteiger partial charge in [0.15, 0.2) is 0 Å². The molecule has 2 heterocycles. The number of carboxylic acid groups (broad SMARTS) is 1. The normalized spacial score (nSPS) is 17.1. The molecule has 0 bridgehead atoms. The second kappa shape index (κ2) is 7.45. The summed E-state index contributed by atoms with van der Waals surface area (Å²) < 4.78 is 0. The van der Waals surface area contributed by atoms with Crippen LogP contribution in [0.2, 0.25) is 5.02 Å². The van der Waals surface area contributed by atoms with Crippen LogP contribution >= 0.6 is 11.6 Å². The van der Waals surface area contributed by atoms with E-state index in [-0.39, 0.29) is 11.8 Å². The van der Waals surface area contributed by atoms with Crippen LogP contribution in [0.3, 0.4) is 0 Å². The van der Waals surface area contributed by atoms with E-state index < -0.39 is 12.0 Å². The first-order chi connectivity index (χ1) is 10.5. The monoisotopic (exact) mass is 325 g/mol. The van der Waals surface area contributed by atoms with Crippen LogP contribution in [0.25, 0.3) is 0 Å². The summed E-state index contributed by atoms with van der Waals surface area (Å²) in [7, 11) is 0. The van der Waals surface area contributed by atoms with E-state index in [2.05, 4.69) is 15.2 Å². The van der Waals surface area contributed by atoms with E-state index in [1.807, 2.05) is 6.07 Å². The molecule has 1 amide bonds. The predicted molar refractivity (Wildman–Crippen MR) is 84.0 cm³/mol. The molecule has 1 aliphatic heterocycles. The Morgan fingerprint density at radius 2 is 2.14 bits per heavy atom. The minimum atomic E-state index is -0.987. The number of nitrogens with one attached hydrogen (secondary N) is 1. The minimum absolute atomic E-state index is 0.142. The number of halogens is 1. The molecule has 120 valence electrons. The van der Waals surface area contributed by atoms with Gasteiger partial charge in [0.1, 0.15) is 11.9 Å². The number of rotatable bonds is 5. The molecule has 1 aliphatic rings. The van der Waals surface area contributed by atoms with Crippen molar-refractivity contribution >= 4 is 29.3 Å². The molecule has 7 heteroatoms. The predicted octanol–water partition coefficient (Wildman–Crippen LogP) is 1.93. The zero-order valence-electron chi connectivity index (χ0n) is 12.5. The van der Waals surface area contributed by atoms with Crippen molar-refractivity contribution in [2.45, 2.75) is 32.2 Å². The summed E-state index contributed by atoms with van der Waals surface area (Å²) in [4.78, 5) is 29.5. The van der Waals surface area contributed by atoms with E-state index in [1.165, 1.54) is 0 Å². The van der Waals surface area contributed by atoms with Crippen molar-refractivity contribution in [3.63, 3.8) is 0 Å². The molecular formula is C15H20ClN3O3. The summed E-state index contributed by atoms with van der Waals surface area (Å²) in [5.74, 6) is -0.450. The van der Waals surface area contributed by atoms with Gasteiger partial charge in [-0.3, -0.25) is 4.79 Å². The Balaban J connectivity index is 1.87. The van der Waals surface area contributed by atoms with Crippen molar-refractivity contribution in [3.8, 4) is 0 Å². The molecule has 0 aromatic carbocycles. The van der Waals surface area contributed by atoms with Crippen molar-refractivity contribution < 1.29 is 14.7 Å². The number of amides is 1. The molecule has 1 aromatic rings. The Kier molecular flexibility index (Phi) is 5.60. The third-order valence-electron chi connectivity index (χ3n) is 3.92. The van der Waals surface area contributed by atoms with Gasteiger partial charge >= 0.3 is 5.97 Å². The van der Waals surface area contributed by atoms with Gasteiger partial charge < -0.3 is 15.3 Å². The van der Waals surface area contributed by atoms with Gasteiger partial charge in [0.25, 0.3) is 0 Å². The fourth-order valence-electron chi connectivity index (χ4n) is 2.55. The van der Waals surface area contributed by atoms with Crippen LogP contribution in [0.1, 0.15) is 26.2 Å². The molecule has 2 N–H and O–H groups in total. The molecule has 1 fully saturated rings. The van der Waals surface area contributed by atoms with Crippen LogP contribution in [0.15, 0.2) is 18.3 Å². The smallest absolute Gasteiger partial charge is 0.326 e. The lowest BCUT2D eigenvalue weighted by molar-refractivity contribution is -0.142. The number of hydrogen-bond acceptors (Lipinski definition) is 4. The van der Waals surface area contributed by atoms with Gasteiger partial charge in [-0.05, 0) is 31.4 Å². The van der Waals surface area contributed by atoms with Crippen molar-refractivity contribution in [1.82, 2.24) is 10.3 Å². The third kappa shape index (κ3) is 4.10. The number of carbonyl (C=O) groups is 2. The summed E-state index contributed by atoms with van der Waals surface area (Å²) in [6.45, 7) is 3.18. The lowest BCUT2D eigenvalue weighted by Gasteiger charge is -2.32. The van der Waals surface area contributed by atoms with Crippen LogP contribution in [0.5, 0.6) is 0 Å². The van der Waals surface area contributed by atoms with Crippen LogP contribution < -0.4 is 10.2 Å². The van der Waals surface area contributed by atoms with Crippen LogP contribution in [0, 0.1) is 5.92 Å². The number of aliphatic carboxylic acids is 1. The topological polar surface area (TPSA) is 82.5 Å². The minimum Gasteiger partial charge on any atom is -0.480 e. The molecule has 0 saturated carbocycles. The summed E-state index contributed by atoms with van der Waals surface area (Å²) in [5.41, 5.74) is 0. The van der Waals surface area contributed by atoms with Gasteiger partial charge in [-0.2, -0.15) is 0 Å². The highest BCUT2D eigenvalue weighted by atomic mass is 35.5. The number of pyridine rings is 1. The van der Waals surface area contributed by atoms with Gasteiger partial charge in [0.05, 0.1) is 5.02 Å². The second-order valence-electron chi connectivity index (χ2n) is 5.40. The number of anilines is 1. The summed E-state index contributed by atoms with van der Waals surface area (Å²) in [6, 6.07) is 2.85. The van der Waals surface area contributed by atoms with E-state index in [0.717, 1.165) is 18.9 Å². The first kappa shape index (κ1) is 16.5. The molecular weight excluding hydrogens is 306 g/mol. The molecule has 2 rings (SSSR count). The zero-order valence-corrected chi connectivity index (χ0v) is 13.2. The molecule has 1 aromatic heterocycles. The number of aromatic nitrogens is 1. The molecule has 0 spiro atoms. The lowest BCUT2D eigenvalue weighted by atomic mass is 9.95. The highest BCUT2D eigenvalue weighted by Crippen LogP contribution is 2.23. The van der Waals surface area contributed by atoms with E-state index in [4.69, 9.17) is 16.7 Å². The summed E-state index contributed by atoms with van der Waals surface area (Å²) >= 11 is 5.82. The van der Waals surface area contributed by atoms with E-state index >= 15 is 0 Å². The van der Waals surface area contributed by atoms with Gasteiger partial charge in [0, 0.05) is 25.2 Å². The SMILES string of the molecule is CCC(NC(=O)C1CCN(c2ccc(Cl)cn2)CC1)C(=O)O. The molecule has 0 aliphatic carbocycles. The average molecular weight is 326 g/mol. The van der Waals surface area contributed by atoms with Crippen LogP contribution in [-0.2, 0) is 9.59 Å². The first-order valence-electron chi connectivity index (χ1n) is 7.41. The maximum Gasteiger partial charge on any atom is 0.326 e.